The van der Waals surface area contributed by atoms with E-state index in [0.29, 0.717) is 11.3 Å². The highest BCUT2D eigenvalue weighted by molar-refractivity contribution is 7.16. The smallest absolute Gasteiger partial charge is 0.349 e. The Morgan fingerprint density at radius 3 is 1.69 bits per heavy atom. The van der Waals surface area contributed by atoms with Crippen LogP contribution in [0.15, 0.2) is 0 Å². The van der Waals surface area contributed by atoms with Crippen LogP contribution in [-0.2, 0) is 0 Å². The molecule has 0 spiro atoms. The monoisotopic (exact) mass is 248 g/mol. The van der Waals surface area contributed by atoms with Crippen LogP contribution in [0.25, 0.3) is 0 Å². The highest BCUT2D eigenvalue weighted by Gasteiger charge is 2.30. The number of ether oxygens (including phenoxy) is 2. The van der Waals surface area contributed by atoms with E-state index in [1.54, 1.807) is 0 Å². The predicted octanol–water partition coefficient (Wildman–Crippen LogP) is 0.0910. The molecule has 16 heavy (non-hydrogen) atoms. The van der Waals surface area contributed by atoms with Gasteiger partial charge in [0.15, 0.2) is 21.3 Å². The van der Waals surface area contributed by atoms with E-state index >= 15 is 0 Å². The van der Waals surface area contributed by atoms with Crippen molar-refractivity contribution in [1.29, 1.82) is 0 Å². The Morgan fingerprint density at radius 1 is 1.00 bits per heavy atom. The van der Waals surface area contributed by atoms with Gasteiger partial charge in [0.1, 0.15) is 13.2 Å². The normalized spacial score (nSPS) is 12.8. The topological polar surface area (TPSA) is 125 Å². The molecular weight excluding hydrogens is 240 g/mol. The van der Waals surface area contributed by atoms with Crippen molar-refractivity contribution in [2.45, 2.75) is 0 Å². The van der Waals surface area contributed by atoms with Crippen LogP contribution in [0.4, 0.5) is 0 Å². The first kappa shape index (κ1) is 12.3. The van der Waals surface area contributed by atoms with Gasteiger partial charge in [0.25, 0.3) is 0 Å². The number of rotatable bonds is 2. The predicted molar refractivity (Wildman–Crippen MR) is 52.8 cm³/mol. The number of aromatic carboxylic acids is 2. The van der Waals surface area contributed by atoms with E-state index in [1.165, 1.54) is 0 Å². The molecule has 0 unspecified atom stereocenters. The number of hydrogen-bond donors (Lipinski definition) is 2. The average Bonchev–Trinajstić information content (AvgIpc) is 2.56. The van der Waals surface area contributed by atoms with Gasteiger partial charge < -0.3 is 25.2 Å². The van der Waals surface area contributed by atoms with Crippen LogP contribution in [0.3, 0.4) is 0 Å². The summed E-state index contributed by atoms with van der Waals surface area (Å²) in [6.07, 6.45) is 0. The highest BCUT2D eigenvalue weighted by atomic mass is 32.1. The molecule has 0 aromatic carbocycles. The highest BCUT2D eigenvalue weighted by Crippen LogP contribution is 2.43. The molecule has 1 aliphatic heterocycles. The summed E-state index contributed by atoms with van der Waals surface area (Å²) in [6.45, 7) is 0.451. The molecule has 0 aliphatic carbocycles. The van der Waals surface area contributed by atoms with Gasteiger partial charge in [0, 0.05) is 0 Å². The van der Waals surface area contributed by atoms with Crippen LogP contribution in [0.2, 0.25) is 0 Å². The standard InChI is InChI=1S/C8H6O6S.H2O/c9-7(10)5-3-4(14-2-1-13-3)6(15-5)8(11)12;/h1-2H2,(H,9,10)(H,11,12);1H2. The Balaban J connectivity index is 0.00000128. The minimum absolute atomic E-state index is 0. The maximum Gasteiger partial charge on any atom is 0.349 e. The molecule has 0 radical (unpaired) electrons. The number of hydrogen-bond acceptors (Lipinski definition) is 5. The van der Waals surface area contributed by atoms with Crippen molar-refractivity contribution in [1.82, 2.24) is 0 Å². The van der Waals surface area contributed by atoms with Crippen molar-refractivity contribution in [3.05, 3.63) is 9.75 Å². The summed E-state index contributed by atoms with van der Waals surface area (Å²) in [5, 5.41) is 17.6. The Labute approximate surface area is 93.1 Å². The quantitative estimate of drug-likeness (QED) is 0.764. The lowest BCUT2D eigenvalue weighted by atomic mass is 10.3. The first-order valence-corrected chi connectivity index (χ1v) is 4.82. The summed E-state index contributed by atoms with van der Waals surface area (Å²) in [5.74, 6) is -2.38. The second-order valence-electron chi connectivity index (χ2n) is 2.73. The lowest BCUT2D eigenvalue weighted by molar-refractivity contribution is 0.0676. The summed E-state index contributed by atoms with van der Waals surface area (Å²) in [4.78, 5) is 21.3. The van der Waals surface area contributed by atoms with E-state index in [9.17, 15) is 9.59 Å². The summed E-state index contributed by atoms with van der Waals surface area (Å²) in [7, 11) is 0. The molecule has 88 valence electrons. The molecular formula is C8H8O7S. The Kier molecular flexibility index (Phi) is 3.35. The van der Waals surface area contributed by atoms with Gasteiger partial charge in [-0.3, -0.25) is 0 Å². The third-order valence-electron chi connectivity index (χ3n) is 1.79. The molecule has 0 bridgehead atoms. The van der Waals surface area contributed by atoms with Crippen LogP contribution in [0.5, 0.6) is 11.5 Å². The second-order valence-corrected chi connectivity index (χ2v) is 3.75. The van der Waals surface area contributed by atoms with Crippen molar-refractivity contribution in [3.8, 4) is 11.5 Å². The van der Waals surface area contributed by atoms with Crippen LogP contribution < -0.4 is 9.47 Å². The van der Waals surface area contributed by atoms with E-state index in [2.05, 4.69) is 0 Å². The largest absolute Gasteiger partial charge is 0.484 e. The van der Waals surface area contributed by atoms with Gasteiger partial charge >= 0.3 is 11.9 Å². The van der Waals surface area contributed by atoms with E-state index in [1.807, 2.05) is 0 Å². The molecule has 8 heteroatoms. The third kappa shape index (κ3) is 1.79. The van der Waals surface area contributed by atoms with Gasteiger partial charge in [-0.1, -0.05) is 0 Å². The molecule has 2 heterocycles. The fourth-order valence-corrected chi connectivity index (χ4v) is 2.10. The lowest BCUT2D eigenvalue weighted by Gasteiger charge is -2.15. The number of thiophene rings is 1. The van der Waals surface area contributed by atoms with Gasteiger partial charge in [0.2, 0.25) is 0 Å². The van der Waals surface area contributed by atoms with E-state index < -0.39 is 11.9 Å². The molecule has 0 fully saturated rings. The molecule has 1 aromatic heterocycles. The molecule has 1 aromatic rings. The third-order valence-corrected chi connectivity index (χ3v) is 2.92. The molecule has 1 aliphatic rings. The lowest BCUT2D eigenvalue weighted by Crippen LogP contribution is -2.16. The summed E-state index contributed by atoms with van der Waals surface area (Å²) >= 11 is 0.642. The first-order valence-electron chi connectivity index (χ1n) is 4.00. The Morgan fingerprint density at radius 2 is 1.38 bits per heavy atom. The minimum Gasteiger partial charge on any atom is -0.484 e. The molecule has 0 saturated carbocycles. The Hall–Kier alpha value is -1.80. The van der Waals surface area contributed by atoms with Crippen molar-refractivity contribution in [2.24, 2.45) is 0 Å². The molecule has 0 atom stereocenters. The average molecular weight is 248 g/mol. The fourth-order valence-electron chi connectivity index (χ4n) is 1.23. The van der Waals surface area contributed by atoms with Crippen molar-refractivity contribution in [2.75, 3.05) is 13.2 Å². The summed E-state index contributed by atoms with van der Waals surface area (Å²) < 4.78 is 10.2. The summed E-state index contributed by atoms with van der Waals surface area (Å²) in [6, 6.07) is 0. The van der Waals surface area contributed by atoms with E-state index in [-0.39, 0.29) is 39.9 Å². The minimum atomic E-state index is -1.21. The van der Waals surface area contributed by atoms with Gasteiger partial charge in [0.05, 0.1) is 0 Å². The molecule has 0 amide bonds. The fraction of sp³-hybridized carbons (Fsp3) is 0.250. The van der Waals surface area contributed by atoms with Crippen LogP contribution in [0.1, 0.15) is 19.3 Å². The SMILES string of the molecule is O.O=C(O)c1sc(C(=O)O)c2c1OCCO2. The maximum absolute atomic E-state index is 10.8. The van der Waals surface area contributed by atoms with Crippen molar-refractivity contribution >= 4 is 23.3 Å². The zero-order valence-electron chi connectivity index (χ0n) is 7.85. The van der Waals surface area contributed by atoms with Gasteiger partial charge in [-0.15, -0.1) is 11.3 Å². The van der Waals surface area contributed by atoms with Crippen LogP contribution in [-0.4, -0.2) is 40.8 Å². The van der Waals surface area contributed by atoms with E-state index in [4.69, 9.17) is 19.7 Å². The van der Waals surface area contributed by atoms with E-state index in [0.717, 1.165) is 0 Å². The number of carbonyl (C=O) groups is 2. The number of carboxylic acid groups (broad SMARTS) is 2. The van der Waals surface area contributed by atoms with Gasteiger partial charge in [-0.2, -0.15) is 0 Å². The van der Waals surface area contributed by atoms with Gasteiger partial charge in [-0.05, 0) is 0 Å². The van der Waals surface area contributed by atoms with Crippen molar-refractivity contribution in [3.63, 3.8) is 0 Å². The van der Waals surface area contributed by atoms with Crippen LogP contribution >= 0.6 is 11.3 Å². The number of fused-ring (bicyclic) bond motifs is 1. The van der Waals surface area contributed by atoms with Crippen molar-refractivity contribution < 1.29 is 34.8 Å². The molecule has 2 rings (SSSR count). The molecule has 0 saturated heterocycles. The number of carboxylic acids is 2. The Bertz CT molecular complexity index is 397. The zero-order chi connectivity index (χ0) is 11.0. The molecule has 7 nitrogen and oxygen atoms in total. The first-order chi connectivity index (χ1) is 7.11. The van der Waals surface area contributed by atoms with Gasteiger partial charge in [-0.25, -0.2) is 9.59 Å². The molecule has 4 N–H and O–H groups in total. The second kappa shape index (κ2) is 4.37. The summed E-state index contributed by atoms with van der Waals surface area (Å²) in [5.41, 5.74) is 0. The van der Waals surface area contributed by atoms with Crippen LogP contribution in [0, 0.1) is 0 Å². The zero-order valence-corrected chi connectivity index (χ0v) is 8.67. The maximum atomic E-state index is 10.8.